The zero-order chi connectivity index (χ0) is 30.6. The second-order valence-electron chi connectivity index (χ2n) is 8.77. The molecule has 3 aromatic carbocycles. The summed E-state index contributed by atoms with van der Waals surface area (Å²) in [6, 6.07) is 12.7. The van der Waals surface area contributed by atoms with Gasteiger partial charge in [0.05, 0.1) is 48.0 Å². The molecule has 2 N–H and O–H groups in total. The Hall–Kier alpha value is -5.10. The number of ether oxygens (including phenoxy) is 7. The molecule has 0 aliphatic heterocycles. The fourth-order valence-corrected chi connectivity index (χ4v) is 4.55. The van der Waals surface area contributed by atoms with Crippen molar-refractivity contribution >= 4 is 40.8 Å². The maximum absolute atomic E-state index is 14.2. The Morgan fingerprint density at radius 2 is 1.33 bits per heavy atom. The minimum absolute atomic E-state index is 0. The van der Waals surface area contributed by atoms with Crippen LogP contribution in [0, 0.1) is 0 Å². The van der Waals surface area contributed by atoms with Crippen molar-refractivity contribution in [1.29, 1.82) is 0 Å². The van der Waals surface area contributed by atoms with Gasteiger partial charge < -0.3 is 38.9 Å². The summed E-state index contributed by atoms with van der Waals surface area (Å²) in [7, 11) is 8.24. The molecule has 12 nitrogen and oxygen atoms in total. The molecule has 0 fully saturated rings. The lowest BCUT2D eigenvalue weighted by atomic mass is 9.95. The van der Waals surface area contributed by atoms with Gasteiger partial charge in [-0.2, -0.15) is 0 Å². The van der Waals surface area contributed by atoms with E-state index in [0.29, 0.717) is 45.1 Å². The molecule has 0 saturated heterocycles. The summed E-state index contributed by atoms with van der Waals surface area (Å²) in [5.41, 5.74) is 6.78. The molecular formula is C30H31ClN2O10. The predicted octanol–water partition coefficient (Wildman–Crippen LogP) is 4.03. The van der Waals surface area contributed by atoms with E-state index in [9.17, 15) is 14.4 Å². The van der Waals surface area contributed by atoms with Crippen molar-refractivity contribution in [2.24, 2.45) is 0 Å². The van der Waals surface area contributed by atoms with Gasteiger partial charge in [0.2, 0.25) is 5.75 Å². The fourth-order valence-electron chi connectivity index (χ4n) is 4.55. The van der Waals surface area contributed by atoms with E-state index in [0.717, 1.165) is 0 Å². The molecule has 43 heavy (non-hydrogen) atoms. The Morgan fingerprint density at radius 1 is 0.744 bits per heavy atom. The molecule has 0 amide bonds. The molecule has 0 unspecified atom stereocenters. The van der Waals surface area contributed by atoms with E-state index in [1.54, 1.807) is 42.5 Å². The highest BCUT2D eigenvalue weighted by Gasteiger charge is 2.28. The third-order valence-corrected chi connectivity index (χ3v) is 6.52. The van der Waals surface area contributed by atoms with Crippen LogP contribution in [-0.4, -0.2) is 65.8 Å². The van der Waals surface area contributed by atoms with Gasteiger partial charge in [0.25, 0.3) is 5.56 Å². The van der Waals surface area contributed by atoms with Gasteiger partial charge in [0.1, 0.15) is 5.69 Å². The molecule has 4 aromatic rings. The first-order chi connectivity index (χ1) is 20.2. The number of benzene rings is 3. The first-order valence-corrected chi connectivity index (χ1v) is 12.5. The van der Waals surface area contributed by atoms with Gasteiger partial charge in [0, 0.05) is 22.3 Å². The van der Waals surface area contributed by atoms with Gasteiger partial charge in [-0.1, -0.05) is 0 Å². The second kappa shape index (κ2) is 13.7. The van der Waals surface area contributed by atoms with Crippen molar-refractivity contribution < 1.29 is 42.7 Å². The smallest absolute Gasteiger partial charge is 0.355 e. The zero-order valence-corrected chi connectivity index (χ0v) is 25.2. The van der Waals surface area contributed by atoms with Crippen LogP contribution < -0.4 is 35.0 Å². The predicted molar refractivity (Wildman–Crippen MR) is 162 cm³/mol. The first-order valence-electron chi connectivity index (χ1n) is 12.5. The fraction of sp³-hybridized carbons (Fsp3) is 0.233. The summed E-state index contributed by atoms with van der Waals surface area (Å²) in [4.78, 5) is 39.5. The van der Waals surface area contributed by atoms with Gasteiger partial charge in [0.15, 0.2) is 29.6 Å². The number of methoxy groups -OCH3 is 6. The Labute approximate surface area is 253 Å². The molecular weight excluding hydrogens is 584 g/mol. The monoisotopic (exact) mass is 614 g/mol. The van der Waals surface area contributed by atoms with Crippen LogP contribution in [-0.2, 0) is 14.3 Å². The van der Waals surface area contributed by atoms with Crippen LogP contribution in [0.1, 0.15) is 10.5 Å². The Kier molecular flexibility index (Phi) is 10.3. The van der Waals surface area contributed by atoms with E-state index < -0.39 is 24.1 Å². The summed E-state index contributed by atoms with van der Waals surface area (Å²) >= 11 is 0. The second-order valence-corrected chi connectivity index (χ2v) is 8.77. The van der Waals surface area contributed by atoms with E-state index in [4.69, 9.17) is 34.2 Å². The highest BCUT2D eigenvalue weighted by Crippen LogP contribution is 2.45. The van der Waals surface area contributed by atoms with Crippen molar-refractivity contribution in [2.75, 3.05) is 55.0 Å². The van der Waals surface area contributed by atoms with Gasteiger partial charge >= 0.3 is 11.9 Å². The van der Waals surface area contributed by atoms with Crippen LogP contribution in [0.2, 0.25) is 0 Å². The number of halogens is 1. The van der Waals surface area contributed by atoms with Crippen LogP contribution in [0.3, 0.4) is 0 Å². The van der Waals surface area contributed by atoms with Gasteiger partial charge in [-0.05, 0) is 54.1 Å². The maximum atomic E-state index is 14.2. The SMILES string of the molecule is COC(=O)COc1cc2c(=O)n(-c3ccc(N)cc3)c(C(=O)OC)c(-c3cc(OC)c(OC)c(OC)c3)c2cc1OC.Cl. The topological polar surface area (TPSA) is 147 Å². The number of nitrogens with zero attached hydrogens (tertiary/aromatic N) is 1. The minimum Gasteiger partial charge on any atom is -0.493 e. The Morgan fingerprint density at radius 3 is 1.84 bits per heavy atom. The lowest BCUT2D eigenvalue weighted by Crippen LogP contribution is -2.27. The summed E-state index contributed by atoms with van der Waals surface area (Å²) in [6.07, 6.45) is 0. The Bertz CT molecular complexity index is 1690. The van der Waals surface area contributed by atoms with Gasteiger partial charge in [-0.3, -0.25) is 9.36 Å². The number of pyridine rings is 1. The summed E-state index contributed by atoms with van der Waals surface area (Å²) in [5.74, 6) is -0.165. The number of carbonyl (C=O) groups is 2. The number of aromatic nitrogens is 1. The third-order valence-electron chi connectivity index (χ3n) is 6.52. The number of rotatable bonds is 10. The number of carbonyl (C=O) groups excluding carboxylic acids is 2. The molecule has 0 bridgehead atoms. The quantitative estimate of drug-likeness (QED) is 0.204. The molecule has 0 aliphatic carbocycles. The van der Waals surface area contributed by atoms with Gasteiger partial charge in [-0.25, -0.2) is 9.59 Å². The highest BCUT2D eigenvalue weighted by atomic mass is 35.5. The molecule has 0 saturated carbocycles. The van der Waals surface area contributed by atoms with Crippen molar-refractivity contribution in [3.63, 3.8) is 0 Å². The lowest BCUT2D eigenvalue weighted by molar-refractivity contribution is -0.142. The van der Waals surface area contributed by atoms with Crippen molar-refractivity contribution in [2.45, 2.75) is 0 Å². The average Bonchev–Trinajstić information content (AvgIpc) is 3.02. The summed E-state index contributed by atoms with van der Waals surface area (Å²) in [6.45, 7) is -0.426. The van der Waals surface area contributed by atoms with E-state index in [2.05, 4.69) is 4.74 Å². The number of fused-ring (bicyclic) bond motifs is 1. The van der Waals surface area contributed by atoms with Crippen LogP contribution in [0.15, 0.2) is 53.3 Å². The molecule has 0 radical (unpaired) electrons. The van der Waals surface area contributed by atoms with Gasteiger partial charge in [-0.15, -0.1) is 12.4 Å². The third kappa shape index (κ3) is 6.09. The molecule has 1 heterocycles. The van der Waals surface area contributed by atoms with Crippen molar-refractivity contribution in [3.05, 3.63) is 64.6 Å². The normalized spacial score (nSPS) is 10.4. The standard InChI is InChI=1S/C30H30N2O10.ClH/c1-36-21-13-19-20(14-22(21)42-15-25(33)39-4)29(34)32(18-9-7-17(31)8-10-18)27(30(35)41-6)26(19)16-11-23(37-2)28(40-5)24(12-16)38-3;/h7-14H,15,31H2,1-6H3;1H. The maximum Gasteiger partial charge on any atom is 0.355 e. The van der Waals surface area contributed by atoms with E-state index >= 15 is 0 Å². The highest BCUT2D eigenvalue weighted by molar-refractivity contribution is 6.08. The summed E-state index contributed by atoms with van der Waals surface area (Å²) in [5, 5.41) is 0.465. The minimum atomic E-state index is -0.792. The van der Waals surface area contributed by atoms with E-state index in [1.807, 2.05) is 0 Å². The number of nitrogen functional groups attached to an aromatic ring is 1. The number of hydrogen-bond donors (Lipinski definition) is 1. The molecule has 0 atom stereocenters. The van der Waals surface area contributed by atoms with Crippen LogP contribution in [0.4, 0.5) is 5.69 Å². The summed E-state index contributed by atoms with van der Waals surface area (Å²) < 4.78 is 38.9. The molecule has 228 valence electrons. The van der Waals surface area contributed by atoms with E-state index in [-0.39, 0.29) is 35.0 Å². The Balaban J connectivity index is 0.00000506. The molecule has 4 rings (SSSR count). The average molecular weight is 615 g/mol. The molecule has 0 spiro atoms. The number of nitrogens with two attached hydrogens (primary N) is 1. The lowest BCUT2D eigenvalue weighted by Gasteiger charge is -2.21. The number of anilines is 1. The molecule has 13 heteroatoms. The van der Waals surface area contributed by atoms with Crippen LogP contribution in [0.5, 0.6) is 28.7 Å². The van der Waals surface area contributed by atoms with Crippen LogP contribution in [0.25, 0.3) is 27.6 Å². The van der Waals surface area contributed by atoms with Crippen molar-refractivity contribution in [1.82, 2.24) is 4.57 Å². The molecule has 1 aromatic heterocycles. The largest absolute Gasteiger partial charge is 0.493 e. The zero-order valence-electron chi connectivity index (χ0n) is 24.3. The van der Waals surface area contributed by atoms with Crippen LogP contribution >= 0.6 is 12.4 Å². The molecule has 0 aliphatic rings. The van der Waals surface area contributed by atoms with Crippen molar-refractivity contribution in [3.8, 4) is 45.6 Å². The number of hydrogen-bond acceptors (Lipinski definition) is 11. The van der Waals surface area contributed by atoms with E-state index in [1.165, 1.54) is 53.3 Å². The first kappa shape index (κ1) is 32.4. The number of esters is 2.